The van der Waals surface area contributed by atoms with Gasteiger partial charge in [0.25, 0.3) is 0 Å². The molecule has 6 aliphatic rings. The molecule has 0 spiro atoms. The summed E-state index contributed by atoms with van der Waals surface area (Å²) >= 11 is 0. The van der Waals surface area contributed by atoms with Gasteiger partial charge in [0.15, 0.2) is 0 Å². The van der Waals surface area contributed by atoms with Crippen molar-refractivity contribution in [2.75, 3.05) is 13.2 Å². The number of hydrogen-bond acceptors (Lipinski definition) is 4. The molecule has 198 valence electrons. The van der Waals surface area contributed by atoms with E-state index in [0.29, 0.717) is 24.4 Å². The van der Waals surface area contributed by atoms with Crippen LogP contribution in [-0.4, -0.2) is 46.2 Å². The van der Waals surface area contributed by atoms with Gasteiger partial charge in [0.1, 0.15) is 5.60 Å². The number of carboxylic acids is 1. The molecule has 1 heterocycles. The molecule has 0 radical (unpaired) electrons. The van der Waals surface area contributed by atoms with Gasteiger partial charge >= 0.3 is 5.97 Å². The van der Waals surface area contributed by atoms with Crippen LogP contribution in [0.3, 0.4) is 0 Å². The smallest absolute Gasteiger partial charge is 0.309 e. The number of ether oxygens (including phenoxy) is 1. The molecule has 11 atom stereocenters. The summed E-state index contributed by atoms with van der Waals surface area (Å²) in [6.45, 7) is 12.8. The lowest BCUT2D eigenvalue weighted by molar-refractivity contribution is -0.250. The highest BCUT2D eigenvalue weighted by Gasteiger charge is 2.74. The molecule has 1 aliphatic heterocycles. The van der Waals surface area contributed by atoms with Gasteiger partial charge < -0.3 is 20.1 Å². The van der Waals surface area contributed by atoms with Gasteiger partial charge in [0.2, 0.25) is 0 Å². The first-order valence-electron chi connectivity index (χ1n) is 14.5. The minimum Gasteiger partial charge on any atom is -0.481 e. The van der Waals surface area contributed by atoms with Crippen molar-refractivity contribution in [1.29, 1.82) is 0 Å². The Labute approximate surface area is 211 Å². The van der Waals surface area contributed by atoms with E-state index in [1.165, 1.54) is 12.8 Å². The molecule has 0 aromatic heterocycles. The number of rotatable bonds is 3. The monoisotopic (exact) mass is 488 g/mol. The first-order chi connectivity index (χ1) is 16.3. The van der Waals surface area contributed by atoms with Crippen molar-refractivity contribution in [3.05, 3.63) is 0 Å². The average molecular weight is 489 g/mol. The van der Waals surface area contributed by atoms with Crippen LogP contribution in [0.1, 0.15) is 98.8 Å². The Morgan fingerprint density at radius 2 is 1.54 bits per heavy atom. The highest BCUT2D eigenvalue weighted by molar-refractivity contribution is 5.76. The Balaban J connectivity index is 1.41. The van der Waals surface area contributed by atoms with E-state index in [4.69, 9.17) is 4.74 Å². The molecule has 5 nitrogen and oxygen atoms in total. The lowest BCUT2D eigenvalue weighted by atomic mass is 9.32. The van der Waals surface area contributed by atoms with Crippen molar-refractivity contribution >= 4 is 5.97 Å². The van der Waals surface area contributed by atoms with Gasteiger partial charge in [-0.15, -0.1) is 0 Å². The third-order valence-electron chi connectivity index (χ3n) is 14.3. The molecule has 35 heavy (non-hydrogen) atoms. The topological polar surface area (TPSA) is 90.3 Å². The van der Waals surface area contributed by atoms with Crippen LogP contribution in [0.5, 0.6) is 0 Å². The van der Waals surface area contributed by atoms with Crippen molar-refractivity contribution < 1.29 is 24.9 Å². The van der Waals surface area contributed by atoms with E-state index < -0.39 is 17.0 Å². The van der Waals surface area contributed by atoms with Crippen molar-refractivity contribution in [3.8, 4) is 0 Å². The summed E-state index contributed by atoms with van der Waals surface area (Å²) in [5.74, 6) is 1.17. The zero-order valence-corrected chi connectivity index (χ0v) is 22.6. The zero-order chi connectivity index (χ0) is 25.2. The predicted octanol–water partition coefficient (Wildman–Crippen LogP) is 5.27. The van der Waals surface area contributed by atoms with E-state index in [-0.39, 0.29) is 46.2 Å². The Morgan fingerprint density at radius 3 is 2.17 bits per heavy atom. The molecular formula is C30H48O5. The highest BCUT2D eigenvalue weighted by Crippen LogP contribution is 2.78. The summed E-state index contributed by atoms with van der Waals surface area (Å²) in [6, 6.07) is 0. The van der Waals surface area contributed by atoms with Crippen molar-refractivity contribution in [2.45, 2.75) is 111 Å². The van der Waals surface area contributed by atoms with Gasteiger partial charge in [0, 0.05) is 0 Å². The van der Waals surface area contributed by atoms with Gasteiger partial charge in [-0.05, 0) is 115 Å². The largest absolute Gasteiger partial charge is 0.481 e. The fourth-order valence-electron chi connectivity index (χ4n) is 12.1. The molecule has 0 aromatic carbocycles. The quantitative estimate of drug-likeness (QED) is 0.471. The predicted molar refractivity (Wildman–Crippen MR) is 134 cm³/mol. The Bertz CT molecular complexity index is 910. The maximum Gasteiger partial charge on any atom is 0.309 e. The number of aliphatic hydroxyl groups is 2. The number of hydrogen-bond donors (Lipinski definition) is 3. The van der Waals surface area contributed by atoms with Crippen LogP contribution < -0.4 is 0 Å². The minimum atomic E-state index is -0.649. The van der Waals surface area contributed by atoms with Crippen LogP contribution in [0.15, 0.2) is 0 Å². The van der Waals surface area contributed by atoms with Crippen LogP contribution in [0.25, 0.3) is 0 Å². The highest BCUT2D eigenvalue weighted by atomic mass is 16.6. The molecule has 0 bridgehead atoms. The number of fused-ring (bicyclic) bond motifs is 7. The third-order valence-corrected chi connectivity index (χ3v) is 14.3. The van der Waals surface area contributed by atoms with Gasteiger partial charge in [-0.1, -0.05) is 34.6 Å². The van der Waals surface area contributed by atoms with E-state index in [2.05, 4.69) is 34.6 Å². The van der Waals surface area contributed by atoms with Crippen LogP contribution in [-0.2, 0) is 9.53 Å². The number of aliphatic carboxylic acids is 1. The van der Waals surface area contributed by atoms with Crippen molar-refractivity contribution in [3.63, 3.8) is 0 Å². The summed E-state index contributed by atoms with van der Waals surface area (Å²) in [5.41, 5.74) is -0.693. The Kier molecular flexibility index (Phi) is 5.12. The van der Waals surface area contributed by atoms with E-state index in [9.17, 15) is 20.1 Å². The van der Waals surface area contributed by atoms with Gasteiger partial charge in [-0.2, -0.15) is 0 Å². The number of carbonyl (C=O) groups is 1. The first-order valence-corrected chi connectivity index (χ1v) is 14.5. The standard InChI is InChI=1S/C30H48O5/c1-25(2)20-9-12-28(5)21(26(20,3)11-10-22(25)32)7-6-18-23-19(30(16-31)17-35-30)8-13-29(23,24(33)34)15-14-27(18,28)4/h18-23,31-32H,6-17H2,1-5H3,(H,33,34)/t18?,19-,20+,21-,22-,23-,26+,27-,28-,29+,30-/m1/s1. The average Bonchev–Trinajstić information content (AvgIpc) is 3.49. The normalized spacial score (nSPS) is 58.5. The van der Waals surface area contributed by atoms with Gasteiger partial charge in [-0.3, -0.25) is 4.79 Å². The molecule has 0 amide bonds. The van der Waals surface area contributed by atoms with E-state index in [0.717, 1.165) is 51.4 Å². The molecule has 1 unspecified atom stereocenters. The number of carboxylic acid groups (broad SMARTS) is 1. The summed E-state index contributed by atoms with van der Waals surface area (Å²) in [7, 11) is 0. The van der Waals surface area contributed by atoms with Gasteiger partial charge in [0.05, 0.1) is 24.7 Å². The molecule has 5 heteroatoms. The molecule has 3 N–H and O–H groups in total. The van der Waals surface area contributed by atoms with E-state index in [1.54, 1.807) is 0 Å². The summed E-state index contributed by atoms with van der Waals surface area (Å²) in [6.07, 6.45) is 9.78. The number of epoxide rings is 1. The fourth-order valence-corrected chi connectivity index (χ4v) is 12.1. The molecule has 0 aromatic rings. The lowest BCUT2D eigenvalue weighted by Gasteiger charge is -2.72. The van der Waals surface area contributed by atoms with Crippen LogP contribution in [0.4, 0.5) is 0 Å². The van der Waals surface area contributed by atoms with Gasteiger partial charge in [-0.25, -0.2) is 0 Å². The second-order valence-electron chi connectivity index (χ2n) is 15.2. The second kappa shape index (κ2) is 7.26. The first kappa shape index (κ1) is 24.7. The molecule has 6 fully saturated rings. The zero-order valence-electron chi connectivity index (χ0n) is 22.6. The van der Waals surface area contributed by atoms with Crippen LogP contribution in [0, 0.1) is 56.7 Å². The fraction of sp³-hybridized carbons (Fsp3) is 0.967. The third kappa shape index (κ3) is 2.79. The minimum absolute atomic E-state index is 0.0182. The second-order valence-corrected chi connectivity index (χ2v) is 15.2. The van der Waals surface area contributed by atoms with E-state index in [1.807, 2.05) is 0 Å². The summed E-state index contributed by atoms with van der Waals surface area (Å²) < 4.78 is 5.90. The molecule has 1 saturated heterocycles. The Hall–Kier alpha value is -0.650. The maximum absolute atomic E-state index is 12.9. The van der Waals surface area contributed by atoms with E-state index >= 15 is 0 Å². The molecule has 5 aliphatic carbocycles. The lowest BCUT2D eigenvalue weighted by Crippen LogP contribution is -2.67. The summed E-state index contributed by atoms with van der Waals surface area (Å²) in [4.78, 5) is 12.9. The van der Waals surface area contributed by atoms with Crippen molar-refractivity contribution in [1.82, 2.24) is 0 Å². The summed E-state index contributed by atoms with van der Waals surface area (Å²) in [5, 5.41) is 31.8. The van der Waals surface area contributed by atoms with Crippen molar-refractivity contribution in [2.24, 2.45) is 56.7 Å². The number of aliphatic hydroxyl groups excluding tert-OH is 2. The SMILES string of the molecule is CC1(C)[C@H](O)CC[C@]2(C)[C@H]3CCC4[C@@H]5[C@H]([C@@]6(CO)CO6)CC[C@]5(C(=O)O)CC[C@@]4(C)[C@]3(C)CC[C@@H]12. The molecule has 5 saturated carbocycles. The van der Waals surface area contributed by atoms with Crippen LogP contribution >= 0.6 is 0 Å². The Morgan fingerprint density at radius 1 is 0.829 bits per heavy atom. The maximum atomic E-state index is 12.9. The molecule has 6 rings (SSSR count). The van der Waals surface area contributed by atoms with Crippen LogP contribution in [0.2, 0.25) is 0 Å². The molecular weight excluding hydrogens is 440 g/mol.